The summed E-state index contributed by atoms with van der Waals surface area (Å²) in [7, 11) is 0. The number of aliphatic imine (C=N–C) groups is 2. The van der Waals surface area contributed by atoms with Gasteiger partial charge >= 0.3 is 0 Å². The zero-order valence-corrected chi connectivity index (χ0v) is 17.0. The molecular weight excluding hydrogens is 395 g/mol. The van der Waals surface area contributed by atoms with E-state index in [1.165, 1.54) is 17.8 Å². The number of carbonyl (C=O) groups excluding carboxylic acids is 3. The summed E-state index contributed by atoms with van der Waals surface area (Å²) in [5, 5.41) is 0.279. The van der Waals surface area contributed by atoms with E-state index in [0.717, 1.165) is 0 Å². The monoisotopic (exact) mass is 418 g/mol. The maximum absolute atomic E-state index is 13.7. The Bertz CT molecular complexity index is 878. The van der Waals surface area contributed by atoms with E-state index in [4.69, 9.17) is 5.73 Å². The number of carbonyl (C=O) groups is 3. The van der Waals surface area contributed by atoms with E-state index in [2.05, 4.69) is 9.98 Å². The van der Waals surface area contributed by atoms with Crippen molar-refractivity contribution in [3.8, 4) is 0 Å². The summed E-state index contributed by atoms with van der Waals surface area (Å²) in [5.74, 6) is -1.78. The number of amides is 3. The van der Waals surface area contributed by atoms with Crippen LogP contribution in [0.5, 0.6) is 0 Å². The van der Waals surface area contributed by atoms with Crippen molar-refractivity contribution in [2.75, 3.05) is 13.1 Å². The second-order valence-corrected chi connectivity index (χ2v) is 8.12. The van der Waals surface area contributed by atoms with Gasteiger partial charge < -0.3 is 10.6 Å². The molecule has 0 radical (unpaired) electrons. The van der Waals surface area contributed by atoms with Crippen LogP contribution in [-0.2, 0) is 20.1 Å². The Balaban J connectivity index is 1.55. The average molecular weight is 418 g/mol. The standard InChI is InChI=1S/C20H23FN4O3S/c1-12-15(10-17(26)25-8-6-13(7-9-25)18(22)27)19(28)24-20(23-12)29-11-14-4-2-3-5-16(14)21/h2-5,13,15H,6-11H2,1H3,(H2,22,27). The molecule has 0 aromatic heterocycles. The van der Waals surface area contributed by atoms with E-state index in [-0.39, 0.29) is 35.1 Å². The van der Waals surface area contributed by atoms with E-state index in [9.17, 15) is 18.8 Å². The van der Waals surface area contributed by atoms with Gasteiger partial charge in [0.25, 0.3) is 5.91 Å². The van der Waals surface area contributed by atoms with Gasteiger partial charge in [-0.25, -0.2) is 9.38 Å². The molecule has 9 heteroatoms. The molecule has 2 aliphatic rings. The highest BCUT2D eigenvalue weighted by Gasteiger charge is 2.32. The first-order valence-corrected chi connectivity index (χ1v) is 10.4. The quantitative estimate of drug-likeness (QED) is 0.791. The number of likely N-dealkylation sites (tertiary alicyclic amines) is 1. The Morgan fingerprint density at radius 2 is 1.93 bits per heavy atom. The minimum absolute atomic E-state index is 0.00413. The summed E-state index contributed by atoms with van der Waals surface area (Å²) < 4.78 is 13.7. The maximum atomic E-state index is 13.7. The Hall–Kier alpha value is -2.55. The second kappa shape index (κ2) is 9.30. The van der Waals surface area contributed by atoms with Crippen LogP contribution in [0.4, 0.5) is 4.39 Å². The Morgan fingerprint density at radius 1 is 1.24 bits per heavy atom. The maximum Gasteiger partial charge on any atom is 0.257 e. The summed E-state index contributed by atoms with van der Waals surface area (Å²) in [6, 6.07) is 6.42. The number of nitrogens with two attached hydrogens (primary N) is 1. The lowest BCUT2D eigenvalue weighted by molar-refractivity contribution is -0.136. The van der Waals surface area contributed by atoms with Gasteiger partial charge in [0.15, 0.2) is 5.17 Å². The van der Waals surface area contributed by atoms with Gasteiger partial charge in [-0.05, 0) is 31.4 Å². The highest BCUT2D eigenvalue weighted by molar-refractivity contribution is 8.13. The molecule has 3 amide bonds. The number of halogens is 1. The third kappa shape index (κ3) is 5.29. The van der Waals surface area contributed by atoms with E-state index >= 15 is 0 Å². The van der Waals surface area contributed by atoms with Crippen molar-refractivity contribution in [2.24, 2.45) is 27.6 Å². The summed E-state index contributed by atoms with van der Waals surface area (Å²) in [4.78, 5) is 46.3. The van der Waals surface area contributed by atoms with Crippen LogP contribution >= 0.6 is 11.8 Å². The van der Waals surface area contributed by atoms with Crippen LogP contribution in [0.1, 0.15) is 31.7 Å². The number of primary amides is 1. The van der Waals surface area contributed by atoms with Crippen molar-refractivity contribution in [1.29, 1.82) is 0 Å². The molecule has 2 aliphatic heterocycles. The first-order chi connectivity index (χ1) is 13.8. The number of benzene rings is 1. The van der Waals surface area contributed by atoms with Crippen molar-refractivity contribution < 1.29 is 18.8 Å². The van der Waals surface area contributed by atoms with E-state index in [1.54, 1.807) is 30.0 Å². The van der Waals surface area contributed by atoms with Crippen LogP contribution < -0.4 is 5.73 Å². The van der Waals surface area contributed by atoms with Crippen LogP contribution in [0.15, 0.2) is 34.3 Å². The van der Waals surface area contributed by atoms with Gasteiger partial charge in [0, 0.05) is 36.9 Å². The fourth-order valence-electron chi connectivity index (χ4n) is 3.38. The van der Waals surface area contributed by atoms with Crippen LogP contribution in [-0.4, -0.2) is 46.6 Å². The number of amidine groups is 1. The molecule has 3 rings (SSSR count). The fourth-order valence-corrected chi connectivity index (χ4v) is 4.26. The van der Waals surface area contributed by atoms with E-state index in [1.807, 2.05) is 0 Å². The molecule has 1 saturated heterocycles. The summed E-state index contributed by atoms with van der Waals surface area (Å²) in [5.41, 5.74) is 6.36. The first-order valence-electron chi connectivity index (χ1n) is 9.46. The SMILES string of the molecule is CC1=NC(SCc2ccccc2F)=NC(=O)C1CC(=O)N1CCC(C(N)=O)CC1. The van der Waals surface area contributed by atoms with E-state index < -0.39 is 11.8 Å². The van der Waals surface area contributed by atoms with Gasteiger partial charge in [-0.1, -0.05) is 30.0 Å². The molecule has 1 unspecified atom stereocenters. The zero-order chi connectivity index (χ0) is 21.0. The largest absolute Gasteiger partial charge is 0.369 e. The van der Waals surface area contributed by atoms with Gasteiger partial charge in [-0.3, -0.25) is 14.4 Å². The molecule has 154 valence electrons. The molecule has 2 N–H and O–H groups in total. The van der Waals surface area contributed by atoms with Gasteiger partial charge in [0.2, 0.25) is 11.8 Å². The van der Waals surface area contributed by atoms with Crippen molar-refractivity contribution >= 4 is 40.4 Å². The number of thioether (sulfide) groups is 1. The molecule has 2 heterocycles. The molecule has 0 bridgehead atoms. The lowest BCUT2D eigenvalue weighted by Gasteiger charge is -2.31. The lowest BCUT2D eigenvalue weighted by Crippen LogP contribution is -2.43. The van der Waals surface area contributed by atoms with Crippen LogP contribution in [0.25, 0.3) is 0 Å². The molecule has 7 nitrogen and oxygen atoms in total. The van der Waals surface area contributed by atoms with Crippen LogP contribution in [0, 0.1) is 17.7 Å². The van der Waals surface area contributed by atoms with Crippen molar-refractivity contribution in [1.82, 2.24) is 4.90 Å². The molecule has 1 fully saturated rings. The minimum Gasteiger partial charge on any atom is -0.369 e. The molecular formula is C20H23FN4O3S. The smallest absolute Gasteiger partial charge is 0.257 e. The fraction of sp³-hybridized carbons (Fsp3) is 0.450. The van der Waals surface area contributed by atoms with Crippen LogP contribution in [0.3, 0.4) is 0 Å². The normalized spacial score (nSPS) is 20.3. The average Bonchev–Trinajstić information content (AvgIpc) is 2.70. The van der Waals surface area contributed by atoms with Crippen LogP contribution in [0.2, 0.25) is 0 Å². The predicted molar refractivity (Wildman–Crippen MR) is 110 cm³/mol. The summed E-state index contributed by atoms with van der Waals surface area (Å²) in [6.07, 6.45) is 1.09. The van der Waals surface area contributed by atoms with Gasteiger partial charge in [0.1, 0.15) is 5.82 Å². The van der Waals surface area contributed by atoms with Gasteiger partial charge in [-0.2, -0.15) is 4.99 Å². The number of piperidine rings is 1. The number of nitrogens with zero attached hydrogens (tertiary/aromatic N) is 3. The van der Waals surface area contributed by atoms with Crippen molar-refractivity contribution in [3.05, 3.63) is 35.6 Å². The summed E-state index contributed by atoms with van der Waals surface area (Å²) >= 11 is 1.19. The molecule has 0 aliphatic carbocycles. The first kappa shape index (κ1) is 21.2. The minimum atomic E-state index is -0.686. The number of hydrogen-bond donors (Lipinski definition) is 1. The van der Waals surface area contributed by atoms with E-state index in [0.29, 0.717) is 43.0 Å². The van der Waals surface area contributed by atoms with Gasteiger partial charge in [0.05, 0.1) is 5.92 Å². The summed E-state index contributed by atoms with van der Waals surface area (Å²) in [6.45, 7) is 2.61. The zero-order valence-electron chi connectivity index (χ0n) is 16.1. The Labute approximate surface area is 172 Å². The number of rotatable bonds is 5. The molecule has 1 atom stereocenters. The Morgan fingerprint density at radius 3 is 2.55 bits per heavy atom. The molecule has 1 aromatic carbocycles. The highest BCUT2D eigenvalue weighted by atomic mass is 32.2. The van der Waals surface area contributed by atoms with Gasteiger partial charge in [-0.15, -0.1) is 0 Å². The topological polar surface area (TPSA) is 105 Å². The molecule has 0 saturated carbocycles. The molecule has 0 spiro atoms. The molecule has 1 aromatic rings. The second-order valence-electron chi connectivity index (χ2n) is 7.18. The number of hydrogen-bond acceptors (Lipinski definition) is 5. The predicted octanol–water partition coefficient (Wildman–Crippen LogP) is 2.15. The molecule has 29 heavy (non-hydrogen) atoms. The van der Waals surface area contributed by atoms with Crippen molar-refractivity contribution in [3.63, 3.8) is 0 Å². The third-order valence-corrected chi connectivity index (χ3v) is 6.12. The lowest BCUT2D eigenvalue weighted by atomic mass is 9.94. The highest BCUT2D eigenvalue weighted by Crippen LogP contribution is 2.24. The third-order valence-electron chi connectivity index (χ3n) is 5.22. The Kier molecular flexibility index (Phi) is 6.79. The van der Waals surface area contributed by atoms with Crippen molar-refractivity contribution in [2.45, 2.75) is 31.9 Å².